The summed E-state index contributed by atoms with van der Waals surface area (Å²) in [7, 11) is -3.95. The Morgan fingerprint density at radius 1 is 1.41 bits per heavy atom. The van der Waals surface area contributed by atoms with Gasteiger partial charge in [0.15, 0.2) is 15.2 Å². The summed E-state index contributed by atoms with van der Waals surface area (Å²) in [6, 6.07) is 0. The van der Waals surface area contributed by atoms with Gasteiger partial charge in [-0.2, -0.15) is 0 Å². The molecule has 0 radical (unpaired) electrons. The van der Waals surface area contributed by atoms with Crippen LogP contribution in [0.15, 0.2) is 21.3 Å². The van der Waals surface area contributed by atoms with Gasteiger partial charge in [-0.15, -0.1) is 0 Å². The minimum absolute atomic E-state index is 0.197. The Morgan fingerprint density at radius 3 is 2.45 bits per heavy atom. The number of halogens is 2. The number of carboxylic acids is 1. The van der Waals surface area contributed by atoms with E-state index in [9.17, 15) is 27.9 Å². The van der Waals surface area contributed by atoms with Crippen molar-refractivity contribution in [3.63, 3.8) is 0 Å². The standard InChI is InChI=1S/C11H9Cl2NO7S/c1-4(15)21-2-5-3-22(19,20)10-6(8(12)13)9(16)14(10)7(5)11(17)18/h10H,2-3H2,1H3,(H,17,18)/t10-/m1/s1. The number of rotatable bonds is 3. The molecule has 1 saturated heterocycles. The number of hydrogen-bond donors (Lipinski definition) is 1. The molecule has 2 aliphatic heterocycles. The van der Waals surface area contributed by atoms with E-state index >= 15 is 0 Å². The Labute approximate surface area is 134 Å². The highest BCUT2D eigenvalue weighted by atomic mass is 35.5. The van der Waals surface area contributed by atoms with Crippen molar-refractivity contribution in [3.8, 4) is 0 Å². The zero-order valence-electron chi connectivity index (χ0n) is 11.0. The maximum atomic E-state index is 12.2. The molecular weight excluding hydrogens is 361 g/mol. The molecule has 1 fully saturated rings. The van der Waals surface area contributed by atoms with E-state index in [1.54, 1.807) is 0 Å². The molecule has 2 aliphatic rings. The van der Waals surface area contributed by atoms with Crippen molar-refractivity contribution in [1.82, 2.24) is 4.90 Å². The van der Waals surface area contributed by atoms with E-state index < -0.39 is 55.6 Å². The average molecular weight is 370 g/mol. The van der Waals surface area contributed by atoms with Crippen LogP contribution in [-0.2, 0) is 29.0 Å². The number of carbonyl (C=O) groups is 3. The molecule has 1 amide bonds. The molecule has 0 spiro atoms. The highest BCUT2D eigenvalue weighted by molar-refractivity contribution is 7.92. The van der Waals surface area contributed by atoms with Crippen molar-refractivity contribution in [2.75, 3.05) is 12.4 Å². The third-order valence-corrected chi connectivity index (χ3v) is 5.36. The van der Waals surface area contributed by atoms with Crippen molar-refractivity contribution in [2.45, 2.75) is 12.3 Å². The van der Waals surface area contributed by atoms with Crippen LogP contribution < -0.4 is 0 Å². The van der Waals surface area contributed by atoms with Crippen LogP contribution in [-0.4, -0.2) is 54.0 Å². The maximum absolute atomic E-state index is 12.2. The highest BCUT2D eigenvalue weighted by Gasteiger charge is 2.57. The number of hydrogen-bond acceptors (Lipinski definition) is 6. The maximum Gasteiger partial charge on any atom is 0.352 e. The van der Waals surface area contributed by atoms with Gasteiger partial charge in [0, 0.05) is 12.5 Å². The molecule has 0 unspecified atom stereocenters. The van der Waals surface area contributed by atoms with Crippen LogP contribution in [0, 0.1) is 0 Å². The molecule has 11 heteroatoms. The van der Waals surface area contributed by atoms with Crippen molar-refractivity contribution in [3.05, 3.63) is 21.3 Å². The van der Waals surface area contributed by atoms with E-state index in [4.69, 9.17) is 23.2 Å². The lowest BCUT2D eigenvalue weighted by Crippen LogP contribution is -2.62. The van der Waals surface area contributed by atoms with Crippen LogP contribution in [0.1, 0.15) is 6.92 Å². The number of carbonyl (C=O) groups excluding carboxylic acids is 2. The Kier molecular flexibility index (Phi) is 4.24. The smallest absolute Gasteiger partial charge is 0.352 e. The second kappa shape index (κ2) is 5.56. The third-order valence-electron chi connectivity index (χ3n) is 3.08. The average Bonchev–Trinajstić information content (AvgIpc) is 2.35. The van der Waals surface area contributed by atoms with Crippen molar-refractivity contribution in [2.24, 2.45) is 0 Å². The molecule has 1 N–H and O–H groups in total. The molecule has 1 atom stereocenters. The van der Waals surface area contributed by atoms with Gasteiger partial charge in [0.1, 0.15) is 16.8 Å². The summed E-state index contributed by atoms with van der Waals surface area (Å²) in [5.74, 6) is -3.82. The number of esters is 1. The van der Waals surface area contributed by atoms with Crippen LogP contribution in [0.25, 0.3) is 0 Å². The molecule has 22 heavy (non-hydrogen) atoms. The predicted molar refractivity (Wildman–Crippen MR) is 74.4 cm³/mol. The minimum atomic E-state index is -3.95. The first-order valence-electron chi connectivity index (χ1n) is 5.77. The first-order valence-corrected chi connectivity index (χ1v) is 8.24. The van der Waals surface area contributed by atoms with E-state index in [0.29, 0.717) is 4.90 Å². The van der Waals surface area contributed by atoms with Gasteiger partial charge in [-0.3, -0.25) is 14.5 Å². The van der Waals surface area contributed by atoms with Gasteiger partial charge in [0.25, 0.3) is 5.91 Å². The molecular formula is C11H9Cl2NO7S. The van der Waals surface area contributed by atoms with Crippen LogP contribution >= 0.6 is 23.2 Å². The van der Waals surface area contributed by atoms with Gasteiger partial charge in [0.05, 0.1) is 11.3 Å². The van der Waals surface area contributed by atoms with E-state index in [1.165, 1.54) is 0 Å². The summed E-state index contributed by atoms with van der Waals surface area (Å²) in [4.78, 5) is 34.7. The molecule has 2 heterocycles. The van der Waals surface area contributed by atoms with E-state index in [1.807, 2.05) is 0 Å². The molecule has 0 saturated carbocycles. The number of sulfone groups is 1. The number of ether oxygens (including phenoxy) is 1. The van der Waals surface area contributed by atoms with E-state index in [2.05, 4.69) is 4.74 Å². The van der Waals surface area contributed by atoms with Gasteiger partial charge >= 0.3 is 11.9 Å². The highest BCUT2D eigenvalue weighted by Crippen LogP contribution is 2.42. The number of β-lactam (4-membered cyclic amide) rings is 1. The van der Waals surface area contributed by atoms with Crippen LogP contribution in [0.4, 0.5) is 0 Å². The van der Waals surface area contributed by atoms with Gasteiger partial charge in [-0.1, -0.05) is 23.2 Å². The quantitative estimate of drug-likeness (QED) is 0.428. The second-order valence-corrected chi connectivity index (χ2v) is 7.56. The zero-order valence-corrected chi connectivity index (χ0v) is 13.3. The van der Waals surface area contributed by atoms with Gasteiger partial charge in [0.2, 0.25) is 0 Å². The van der Waals surface area contributed by atoms with Crippen LogP contribution in [0.5, 0.6) is 0 Å². The minimum Gasteiger partial charge on any atom is -0.477 e. The summed E-state index contributed by atoms with van der Waals surface area (Å²) in [5, 5.41) is 7.71. The summed E-state index contributed by atoms with van der Waals surface area (Å²) < 4.78 is 28.5. The van der Waals surface area contributed by atoms with Gasteiger partial charge in [-0.05, 0) is 0 Å². The lowest BCUT2D eigenvalue weighted by atomic mass is 10.0. The summed E-state index contributed by atoms with van der Waals surface area (Å²) in [6.45, 7) is 0.546. The number of aliphatic carboxylic acids is 1. The van der Waals surface area contributed by atoms with E-state index in [0.717, 1.165) is 6.92 Å². The monoisotopic (exact) mass is 369 g/mol. The largest absolute Gasteiger partial charge is 0.477 e. The predicted octanol–water partition coefficient (Wildman–Crippen LogP) is 0.174. The Balaban J connectivity index is 2.55. The molecule has 120 valence electrons. The third kappa shape index (κ3) is 2.59. The first kappa shape index (κ1) is 16.8. The molecule has 2 rings (SSSR count). The molecule has 0 aromatic rings. The van der Waals surface area contributed by atoms with Crippen LogP contribution in [0.2, 0.25) is 0 Å². The SMILES string of the molecule is CC(=O)OCC1=C(C(=O)O)N2C(=O)C(=C(Cl)Cl)[C@H]2S(=O)(=O)C1. The second-order valence-electron chi connectivity index (χ2n) is 4.55. The fourth-order valence-electron chi connectivity index (χ4n) is 2.25. The molecule has 8 nitrogen and oxygen atoms in total. The molecule has 0 bridgehead atoms. The lowest BCUT2D eigenvalue weighted by Gasteiger charge is -2.45. The number of fused-ring (bicyclic) bond motifs is 1. The lowest BCUT2D eigenvalue weighted by molar-refractivity contribution is -0.143. The Bertz CT molecular complexity index is 748. The number of nitrogens with zero attached hydrogens (tertiary/aromatic N) is 1. The number of carboxylic acid groups (broad SMARTS) is 1. The topological polar surface area (TPSA) is 118 Å². The van der Waals surface area contributed by atoms with Gasteiger partial charge < -0.3 is 9.84 Å². The zero-order chi connectivity index (χ0) is 16.8. The Morgan fingerprint density at radius 2 is 2.00 bits per heavy atom. The van der Waals surface area contributed by atoms with Crippen molar-refractivity contribution < 1.29 is 32.6 Å². The Hall–Kier alpha value is -1.58. The first-order chi connectivity index (χ1) is 10.1. The summed E-state index contributed by atoms with van der Waals surface area (Å²) in [6.07, 6.45) is 0. The fourth-order valence-corrected chi connectivity index (χ4v) is 4.71. The number of amides is 1. The van der Waals surface area contributed by atoms with Crippen molar-refractivity contribution >= 4 is 50.9 Å². The van der Waals surface area contributed by atoms with Crippen molar-refractivity contribution in [1.29, 1.82) is 0 Å². The summed E-state index contributed by atoms with van der Waals surface area (Å²) >= 11 is 11.0. The fraction of sp³-hybridized carbons (Fsp3) is 0.364. The normalized spacial score (nSPS) is 22.9. The molecule has 0 aromatic carbocycles. The van der Waals surface area contributed by atoms with E-state index in [-0.39, 0.29) is 11.1 Å². The molecule has 0 aliphatic carbocycles. The van der Waals surface area contributed by atoms with Gasteiger partial charge in [-0.25, -0.2) is 13.2 Å². The molecule has 0 aromatic heterocycles. The van der Waals surface area contributed by atoms with Crippen LogP contribution in [0.3, 0.4) is 0 Å². The summed E-state index contributed by atoms with van der Waals surface area (Å²) in [5.41, 5.74) is -1.10.